The van der Waals surface area contributed by atoms with Crippen LogP contribution in [-0.2, 0) is 17.8 Å². The molecule has 0 saturated heterocycles. The summed E-state index contributed by atoms with van der Waals surface area (Å²) in [6.45, 7) is 1.22. The summed E-state index contributed by atoms with van der Waals surface area (Å²) in [4.78, 5) is 19.2. The van der Waals surface area contributed by atoms with E-state index in [-0.39, 0.29) is 17.9 Å². The summed E-state index contributed by atoms with van der Waals surface area (Å²) < 4.78 is 5.90. The fourth-order valence-electron chi connectivity index (χ4n) is 3.67. The zero-order valence-corrected chi connectivity index (χ0v) is 13.6. The summed E-state index contributed by atoms with van der Waals surface area (Å²) in [7, 11) is 0. The molecule has 0 radical (unpaired) electrons. The summed E-state index contributed by atoms with van der Waals surface area (Å²) in [6, 6.07) is 9.85. The van der Waals surface area contributed by atoms with E-state index < -0.39 is 0 Å². The molecule has 1 aliphatic heterocycles. The minimum atomic E-state index is -0.231. The Morgan fingerprint density at radius 3 is 2.67 bits per heavy atom. The van der Waals surface area contributed by atoms with E-state index in [1.165, 1.54) is 0 Å². The van der Waals surface area contributed by atoms with Gasteiger partial charge in [0.2, 0.25) is 11.8 Å². The number of aromatic nitrogens is 1. The van der Waals surface area contributed by atoms with E-state index in [0.717, 1.165) is 49.1 Å². The van der Waals surface area contributed by atoms with Crippen molar-refractivity contribution >= 4 is 5.91 Å². The van der Waals surface area contributed by atoms with E-state index in [1.807, 2.05) is 35.2 Å². The van der Waals surface area contributed by atoms with Crippen LogP contribution in [0.2, 0.25) is 0 Å². The summed E-state index contributed by atoms with van der Waals surface area (Å²) >= 11 is 0. The second-order valence-electron chi connectivity index (χ2n) is 6.77. The lowest BCUT2D eigenvalue weighted by Gasteiger charge is -2.32. The van der Waals surface area contributed by atoms with Crippen molar-refractivity contribution in [3.8, 4) is 11.5 Å². The standard InChI is InChI=1S/C19H22N2O3/c22-15-8-6-14(7-9-15)19(23)21-11-10-17-16(12-21)20-18(24-17)13-4-2-1-3-5-13/h1-5,14-15,22H,6-12H2. The Morgan fingerprint density at radius 2 is 1.92 bits per heavy atom. The number of nitrogens with zero attached hydrogens (tertiary/aromatic N) is 2. The second-order valence-corrected chi connectivity index (χ2v) is 6.77. The number of fused-ring (bicyclic) bond motifs is 1. The molecule has 0 unspecified atom stereocenters. The van der Waals surface area contributed by atoms with Gasteiger partial charge in [0.1, 0.15) is 11.5 Å². The number of carbonyl (C=O) groups excluding carboxylic acids is 1. The molecule has 1 N–H and O–H groups in total. The minimum Gasteiger partial charge on any atom is -0.441 e. The summed E-state index contributed by atoms with van der Waals surface area (Å²) in [5.74, 6) is 1.79. The Balaban J connectivity index is 1.48. The molecular formula is C19H22N2O3. The minimum absolute atomic E-state index is 0.0513. The maximum Gasteiger partial charge on any atom is 0.226 e. The second kappa shape index (κ2) is 6.40. The number of carbonyl (C=O) groups is 1. The molecule has 1 fully saturated rings. The predicted molar refractivity (Wildman–Crippen MR) is 89.0 cm³/mol. The quantitative estimate of drug-likeness (QED) is 0.921. The lowest BCUT2D eigenvalue weighted by Crippen LogP contribution is -2.41. The number of hydrogen-bond donors (Lipinski definition) is 1. The Labute approximate surface area is 141 Å². The van der Waals surface area contributed by atoms with Gasteiger partial charge in [0.05, 0.1) is 12.6 Å². The third-order valence-corrected chi connectivity index (χ3v) is 5.11. The van der Waals surface area contributed by atoms with Crippen LogP contribution in [0, 0.1) is 5.92 Å². The van der Waals surface area contributed by atoms with Gasteiger partial charge in [0, 0.05) is 24.4 Å². The molecule has 0 atom stereocenters. The van der Waals surface area contributed by atoms with Crippen molar-refractivity contribution in [2.45, 2.75) is 44.8 Å². The summed E-state index contributed by atoms with van der Waals surface area (Å²) in [5, 5.41) is 9.61. The maximum atomic E-state index is 12.7. The van der Waals surface area contributed by atoms with Gasteiger partial charge >= 0.3 is 0 Å². The van der Waals surface area contributed by atoms with Crippen molar-refractivity contribution in [3.63, 3.8) is 0 Å². The number of hydrogen-bond acceptors (Lipinski definition) is 4. The van der Waals surface area contributed by atoms with Crippen molar-refractivity contribution in [1.29, 1.82) is 0 Å². The van der Waals surface area contributed by atoms with Crippen LogP contribution < -0.4 is 0 Å². The first kappa shape index (κ1) is 15.4. The van der Waals surface area contributed by atoms with Gasteiger partial charge in [-0.3, -0.25) is 4.79 Å². The molecule has 24 heavy (non-hydrogen) atoms. The number of amides is 1. The van der Waals surface area contributed by atoms with Gasteiger partial charge in [0.25, 0.3) is 0 Å². The maximum absolute atomic E-state index is 12.7. The van der Waals surface area contributed by atoms with Crippen LogP contribution in [0.5, 0.6) is 0 Å². The van der Waals surface area contributed by atoms with E-state index in [0.29, 0.717) is 19.0 Å². The van der Waals surface area contributed by atoms with E-state index in [2.05, 4.69) is 4.98 Å². The molecule has 4 rings (SSSR count). The third-order valence-electron chi connectivity index (χ3n) is 5.11. The number of rotatable bonds is 2. The van der Waals surface area contributed by atoms with Gasteiger partial charge < -0.3 is 14.4 Å². The molecule has 1 aromatic carbocycles. The van der Waals surface area contributed by atoms with Crippen LogP contribution in [0.15, 0.2) is 34.7 Å². The van der Waals surface area contributed by atoms with Crippen LogP contribution >= 0.6 is 0 Å². The Morgan fingerprint density at radius 1 is 1.17 bits per heavy atom. The van der Waals surface area contributed by atoms with Gasteiger partial charge in [-0.15, -0.1) is 0 Å². The smallest absolute Gasteiger partial charge is 0.226 e. The van der Waals surface area contributed by atoms with Gasteiger partial charge in [-0.2, -0.15) is 0 Å². The Hall–Kier alpha value is -2.14. The highest BCUT2D eigenvalue weighted by molar-refractivity contribution is 5.79. The van der Waals surface area contributed by atoms with Gasteiger partial charge in [0.15, 0.2) is 0 Å². The first-order valence-electron chi connectivity index (χ1n) is 8.71. The molecule has 2 heterocycles. The predicted octanol–water partition coefficient (Wildman–Crippen LogP) is 2.78. The van der Waals surface area contributed by atoms with E-state index in [4.69, 9.17) is 4.42 Å². The van der Waals surface area contributed by atoms with Crippen molar-refractivity contribution in [2.24, 2.45) is 5.92 Å². The monoisotopic (exact) mass is 326 g/mol. The van der Waals surface area contributed by atoms with Crippen LogP contribution in [0.3, 0.4) is 0 Å². The number of benzene rings is 1. The molecule has 1 saturated carbocycles. The Bertz CT molecular complexity index is 717. The van der Waals surface area contributed by atoms with Gasteiger partial charge in [-0.05, 0) is 37.8 Å². The zero-order valence-electron chi connectivity index (χ0n) is 13.6. The highest BCUT2D eigenvalue weighted by Gasteiger charge is 2.32. The van der Waals surface area contributed by atoms with Crippen LogP contribution in [0.1, 0.15) is 37.1 Å². The van der Waals surface area contributed by atoms with Crippen LogP contribution in [-0.4, -0.2) is 33.5 Å². The van der Waals surface area contributed by atoms with Gasteiger partial charge in [-0.25, -0.2) is 4.98 Å². The van der Waals surface area contributed by atoms with Gasteiger partial charge in [-0.1, -0.05) is 18.2 Å². The van der Waals surface area contributed by atoms with E-state index in [9.17, 15) is 9.90 Å². The fraction of sp³-hybridized carbons (Fsp3) is 0.474. The zero-order chi connectivity index (χ0) is 16.5. The molecule has 0 bridgehead atoms. The molecule has 5 nitrogen and oxygen atoms in total. The lowest BCUT2D eigenvalue weighted by atomic mass is 9.86. The fourth-order valence-corrected chi connectivity index (χ4v) is 3.67. The summed E-state index contributed by atoms with van der Waals surface area (Å²) in [6.07, 6.45) is 3.53. The van der Waals surface area contributed by atoms with E-state index in [1.54, 1.807) is 0 Å². The molecule has 5 heteroatoms. The molecule has 1 aromatic heterocycles. The van der Waals surface area contributed by atoms with Crippen molar-refractivity contribution in [3.05, 3.63) is 41.8 Å². The molecule has 0 spiro atoms. The highest BCUT2D eigenvalue weighted by atomic mass is 16.4. The SMILES string of the molecule is O=C(C1CCC(O)CC1)N1CCc2oc(-c3ccccc3)nc2C1. The molecule has 2 aromatic rings. The van der Waals surface area contributed by atoms with E-state index >= 15 is 0 Å². The molecule has 1 amide bonds. The first-order chi connectivity index (χ1) is 11.7. The Kier molecular flexibility index (Phi) is 4.10. The molecule has 126 valence electrons. The van der Waals surface area contributed by atoms with Crippen molar-refractivity contribution < 1.29 is 14.3 Å². The average Bonchev–Trinajstić information content (AvgIpc) is 3.06. The topological polar surface area (TPSA) is 66.6 Å². The average molecular weight is 326 g/mol. The summed E-state index contributed by atoms with van der Waals surface area (Å²) in [5.41, 5.74) is 1.84. The lowest BCUT2D eigenvalue weighted by molar-refractivity contribution is -0.138. The molecule has 1 aliphatic carbocycles. The first-order valence-corrected chi connectivity index (χ1v) is 8.71. The number of aliphatic hydroxyl groups excluding tert-OH is 1. The molecule has 2 aliphatic rings. The number of oxazole rings is 1. The highest BCUT2D eigenvalue weighted by Crippen LogP contribution is 2.30. The van der Waals surface area contributed by atoms with Crippen LogP contribution in [0.25, 0.3) is 11.5 Å². The third kappa shape index (κ3) is 2.96. The normalized spacial score (nSPS) is 23.8. The molecular weight excluding hydrogens is 304 g/mol. The van der Waals surface area contributed by atoms with Crippen LogP contribution in [0.4, 0.5) is 0 Å². The largest absolute Gasteiger partial charge is 0.441 e. The number of aliphatic hydroxyl groups is 1. The van der Waals surface area contributed by atoms with Crippen molar-refractivity contribution in [1.82, 2.24) is 9.88 Å². The van der Waals surface area contributed by atoms with Crippen molar-refractivity contribution in [2.75, 3.05) is 6.54 Å².